The molecule has 0 saturated carbocycles. The number of ketones is 1. The van der Waals surface area contributed by atoms with E-state index in [9.17, 15) is 14.0 Å². The Bertz CT molecular complexity index is 1050. The van der Waals surface area contributed by atoms with Crippen molar-refractivity contribution >= 4 is 23.1 Å². The number of nitrogens with zero attached hydrogens (tertiary/aromatic N) is 1. The summed E-state index contributed by atoms with van der Waals surface area (Å²) in [5, 5.41) is 3.24. The van der Waals surface area contributed by atoms with Crippen molar-refractivity contribution < 1.29 is 18.7 Å². The molecule has 4 rings (SSSR count). The van der Waals surface area contributed by atoms with E-state index >= 15 is 0 Å². The molecule has 0 amide bonds. The standard InChI is InChI=1S/C21H18FN3O3/c1-28-21(27)12-9-16-18(17(26)10-12)20(24-13-5-3-2-4-6-13)19(25-16)14-7-8-23-11-15(14)22/h2-8,11-12,24-25H,9-10H2,1H3. The van der Waals surface area contributed by atoms with Crippen LogP contribution in [0.15, 0.2) is 48.8 Å². The Labute approximate surface area is 160 Å². The summed E-state index contributed by atoms with van der Waals surface area (Å²) >= 11 is 0. The van der Waals surface area contributed by atoms with E-state index in [4.69, 9.17) is 4.74 Å². The normalized spacial score (nSPS) is 15.8. The molecule has 2 aromatic heterocycles. The zero-order chi connectivity index (χ0) is 19.7. The van der Waals surface area contributed by atoms with Gasteiger partial charge in [0.05, 0.1) is 36.2 Å². The molecule has 142 valence electrons. The Balaban J connectivity index is 1.86. The lowest BCUT2D eigenvalue weighted by atomic mass is 9.86. The molecule has 0 saturated heterocycles. The topological polar surface area (TPSA) is 84.1 Å². The summed E-state index contributed by atoms with van der Waals surface area (Å²) in [6, 6.07) is 10.9. The van der Waals surface area contributed by atoms with Crippen LogP contribution in [0.25, 0.3) is 11.3 Å². The van der Waals surface area contributed by atoms with E-state index in [-0.39, 0.29) is 12.2 Å². The maximum Gasteiger partial charge on any atom is 0.309 e. The Hall–Kier alpha value is -3.48. The van der Waals surface area contributed by atoms with Crippen LogP contribution in [0, 0.1) is 11.7 Å². The van der Waals surface area contributed by atoms with Crippen LogP contribution < -0.4 is 5.32 Å². The predicted octanol–water partition coefficient (Wildman–Crippen LogP) is 3.88. The highest BCUT2D eigenvalue weighted by molar-refractivity contribution is 6.08. The number of halogens is 1. The Morgan fingerprint density at radius 1 is 1.25 bits per heavy atom. The number of pyridine rings is 1. The number of hydrogen-bond acceptors (Lipinski definition) is 5. The average molecular weight is 379 g/mol. The lowest BCUT2D eigenvalue weighted by Crippen LogP contribution is -2.27. The number of para-hydroxylation sites is 1. The van der Waals surface area contributed by atoms with Crippen molar-refractivity contribution in [2.24, 2.45) is 5.92 Å². The highest BCUT2D eigenvalue weighted by Crippen LogP contribution is 2.40. The van der Waals surface area contributed by atoms with Crippen molar-refractivity contribution in [3.05, 3.63) is 65.9 Å². The molecule has 0 fully saturated rings. The number of hydrogen-bond donors (Lipinski definition) is 2. The Kier molecular flexibility index (Phi) is 4.65. The molecule has 1 aliphatic rings. The first-order chi connectivity index (χ1) is 13.6. The van der Waals surface area contributed by atoms with Crippen molar-refractivity contribution in [3.8, 4) is 11.3 Å². The first kappa shape index (κ1) is 17.9. The zero-order valence-corrected chi connectivity index (χ0v) is 15.2. The third-order valence-corrected chi connectivity index (χ3v) is 4.86. The van der Waals surface area contributed by atoms with Crippen LogP contribution in [-0.4, -0.2) is 28.8 Å². The van der Waals surface area contributed by atoms with Gasteiger partial charge in [-0.25, -0.2) is 4.39 Å². The van der Waals surface area contributed by atoms with Gasteiger partial charge in [0.2, 0.25) is 0 Å². The molecule has 3 aromatic rings. The lowest BCUT2D eigenvalue weighted by molar-refractivity contribution is -0.145. The molecule has 1 unspecified atom stereocenters. The minimum Gasteiger partial charge on any atom is -0.469 e. The molecule has 2 heterocycles. The first-order valence-electron chi connectivity index (χ1n) is 8.86. The second-order valence-electron chi connectivity index (χ2n) is 6.63. The summed E-state index contributed by atoms with van der Waals surface area (Å²) in [4.78, 5) is 31.8. The SMILES string of the molecule is COC(=O)C1CC(=O)c2c([nH]c(-c3ccncc3F)c2Nc2ccccc2)C1. The number of anilines is 2. The van der Waals surface area contributed by atoms with E-state index in [0.29, 0.717) is 34.6 Å². The fourth-order valence-corrected chi connectivity index (χ4v) is 3.56. The summed E-state index contributed by atoms with van der Waals surface area (Å²) in [6.45, 7) is 0. The van der Waals surface area contributed by atoms with Crippen LogP contribution in [0.3, 0.4) is 0 Å². The van der Waals surface area contributed by atoms with E-state index in [1.807, 2.05) is 30.3 Å². The summed E-state index contributed by atoms with van der Waals surface area (Å²) in [5.74, 6) is -1.67. The van der Waals surface area contributed by atoms with Crippen LogP contribution in [0.4, 0.5) is 15.8 Å². The molecule has 0 bridgehead atoms. The Morgan fingerprint density at radius 2 is 2.04 bits per heavy atom. The monoisotopic (exact) mass is 379 g/mol. The fourth-order valence-electron chi connectivity index (χ4n) is 3.56. The van der Waals surface area contributed by atoms with Crippen LogP contribution >= 0.6 is 0 Å². The number of aromatic amines is 1. The minimum atomic E-state index is -0.552. The average Bonchev–Trinajstić information content (AvgIpc) is 3.07. The first-order valence-corrected chi connectivity index (χ1v) is 8.86. The molecule has 0 spiro atoms. The molecular weight excluding hydrogens is 361 g/mol. The van der Waals surface area contributed by atoms with Crippen LogP contribution in [-0.2, 0) is 16.0 Å². The third kappa shape index (κ3) is 3.15. The van der Waals surface area contributed by atoms with Crippen molar-refractivity contribution in [2.75, 3.05) is 12.4 Å². The zero-order valence-electron chi connectivity index (χ0n) is 15.2. The van der Waals surface area contributed by atoms with Gasteiger partial charge >= 0.3 is 5.97 Å². The predicted molar refractivity (Wildman–Crippen MR) is 102 cm³/mol. The molecule has 1 atom stereocenters. The van der Waals surface area contributed by atoms with Gasteiger partial charge in [0.15, 0.2) is 11.6 Å². The van der Waals surface area contributed by atoms with E-state index in [1.165, 1.54) is 13.3 Å². The number of Topliss-reactive ketones (excluding diaryl/α,β-unsaturated/α-hetero) is 1. The second-order valence-corrected chi connectivity index (χ2v) is 6.63. The van der Waals surface area contributed by atoms with E-state index < -0.39 is 17.7 Å². The number of aromatic nitrogens is 2. The fraction of sp³-hybridized carbons (Fsp3) is 0.190. The molecule has 1 aromatic carbocycles. The van der Waals surface area contributed by atoms with Gasteiger partial charge in [0.25, 0.3) is 0 Å². The Morgan fingerprint density at radius 3 is 2.75 bits per heavy atom. The van der Waals surface area contributed by atoms with Crippen LogP contribution in [0.5, 0.6) is 0 Å². The van der Waals surface area contributed by atoms with Crippen molar-refractivity contribution in [1.29, 1.82) is 0 Å². The highest BCUT2D eigenvalue weighted by atomic mass is 19.1. The number of benzene rings is 1. The summed E-state index contributed by atoms with van der Waals surface area (Å²) in [5.41, 5.74) is 3.06. The number of carbonyl (C=O) groups excluding carboxylic acids is 2. The van der Waals surface area contributed by atoms with Gasteiger partial charge in [0, 0.05) is 36.0 Å². The van der Waals surface area contributed by atoms with E-state index in [0.717, 1.165) is 11.9 Å². The maximum absolute atomic E-state index is 14.4. The van der Waals surface area contributed by atoms with Gasteiger partial charge in [-0.15, -0.1) is 0 Å². The van der Waals surface area contributed by atoms with Crippen molar-refractivity contribution in [3.63, 3.8) is 0 Å². The van der Waals surface area contributed by atoms with Gasteiger partial charge < -0.3 is 15.0 Å². The number of rotatable bonds is 4. The van der Waals surface area contributed by atoms with Crippen molar-refractivity contribution in [2.45, 2.75) is 12.8 Å². The van der Waals surface area contributed by atoms with E-state index in [1.54, 1.807) is 6.07 Å². The molecule has 6 nitrogen and oxygen atoms in total. The molecule has 28 heavy (non-hydrogen) atoms. The van der Waals surface area contributed by atoms with Gasteiger partial charge in [-0.2, -0.15) is 0 Å². The maximum atomic E-state index is 14.4. The van der Waals surface area contributed by atoms with Crippen molar-refractivity contribution in [1.82, 2.24) is 9.97 Å². The lowest BCUT2D eigenvalue weighted by Gasteiger charge is -2.20. The quantitative estimate of drug-likeness (QED) is 0.672. The molecule has 0 aliphatic heterocycles. The third-order valence-electron chi connectivity index (χ3n) is 4.86. The molecular formula is C21H18FN3O3. The van der Waals surface area contributed by atoms with Crippen LogP contribution in [0.2, 0.25) is 0 Å². The smallest absolute Gasteiger partial charge is 0.309 e. The summed E-state index contributed by atoms with van der Waals surface area (Å²) < 4.78 is 19.2. The molecule has 2 N–H and O–H groups in total. The number of esters is 1. The second kappa shape index (κ2) is 7.26. The number of fused-ring (bicyclic) bond motifs is 1. The minimum absolute atomic E-state index is 0.0548. The number of carbonyl (C=O) groups is 2. The summed E-state index contributed by atoms with van der Waals surface area (Å²) in [6.07, 6.45) is 2.99. The van der Waals surface area contributed by atoms with Crippen LogP contribution in [0.1, 0.15) is 22.5 Å². The highest BCUT2D eigenvalue weighted by Gasteiger charge is 2.35. The molecule has 7 heteroatoms. The van der Waals surface area contributed by atoms with Gasteiger partial charge in [-0.1, -0.05) is 18.2 Å². The largest absolute Gasteiger partial charge is 0.469 e. The van der Waals surface area contributed by atoms with Gasteiger partial charge in [-0.3, -0.25) is 14.6 Å². The number of nitrogens with one attached hydrogen (secondary N) is 2. The number of H-pyrrole nitrogens is 1. The number of ether oxygens (including phenoxy) is 1. The van der Waals surface area contributed by atoms with Gasteiger partial charge in [-0.05, 0) is 18.2 Å². The van der Waals surface area contributed by atoms with E-state index in [2.05, 4.69) is 15.3 Å². The molecule has 0 radical (unpaired) electrons. The summed E-state index contributed by atoms with van der Waals surface area (Å²) in [7, 11) is 1.30. The van der Waals surface area contributed by atoms with Gasteiger partial charge in [0.1, 0.15) is 0 Å². The number of methoxy groups -OCH3 is 1. The molecule has 1 aliphatic carbocycles.